The largest absolute Gasteiger partial charge is 0.481 e. The number of fused-ring (bicyclic) bond motifs is 1. The maximum absolute atomic E-state index is 12.3. The fourth-order valence-electron chi connectivity index (χ4n) is 2.47. The highest BCUT2D eigenvalue weighted by Crippen LogP contribution is 2.29. The summed E-state index contributed by atoms with van der Waals surface area (Å²) >= 11 is 0. The van der Waals surface area contributed by atoms with E-state index in [1.165, 1.54) is 17.0 Å². The van der Waals surface area contributed by atoms with Gasteiger partial charge in [-0.3, -0.25) is 9.59 Å². The van der Waals surface area contributed by atoms with Gasteiger partial charge in [-0.25, -0.2) is 4.79 Å². The summed E-state index contributed by atoms with van der Waals surface area (Å²) in [6, 6.07) is 3.75. The Balaban J connectivity index is 2.50. The van der Waals surface area contributed by atoms with Crippen LogP contribution in [-0.4, -0.2) is 53.1 Å². The van der Waals surface area contributed by atoms with Crippen LogP contribution < -0.4 is 4.90 Å². The highest BCUT2D eigenvalue weighted by molar-refractivity contribution is 5.93. The minimum Gasteiger partial charge on any atom is -0.481 e. The second-order valence-corrected chi connectivity index (χ2v) is 5.07. The molecule has 0 bridgehead atoms. The van der Waals surface area contributed by atoms with E-state index >= 15 is 0 Å². The van der Waals surface area contributed by atoms with Crippen molar-refractivity contribution >= 4 is 23.5 Å². The first kappa shape index (κ1) is 14.8. The first-order valence-corrected chi connectivity index (χ1v) is 6.37. The third-order valence-corrected chi connectivity index (χ3v) is 3.62. The summed E-state index contributed by atoms with van der Waals surface area (Å²) in [5.41, 5.74) is 1.46. The molecule has 7 heteroatoms. The Labute approximate surface area is 121 Å². The van der Waals surface area contributed by atoms with Gasteiger partial charge in [0.15, 0.2) is 0 Å². The van der Waals surface area contributed by atoms with Gasteiger partial charge in [-0.15, -0.1) is 0 Å². The predicted octanol–water partition coefficient (Wildman–Crippen LogP) is 0.636. The normalized spacial score (nSPS) is 18.2. The summed E-state index contributed by atoms with van der Waals surface area (Å²) in [7, 11) is 3.21. The Morgan fingerprint density at radius 3 is 2.52 bits per heavy atom. The topological polar surface area (TPSA) is 98.2 Å². The number of aliphatic carboxylic acids is 1. The molecule has 0 fully saturated rings. The van der Waals surface area contributed by atoms with Crippen LogP contribution >= 0.6 is 0 Å². The average molecular weight is 292 g/mol. The van der Waals surface area contributed by atoms with Gasteiger partial charge in [-0.2, -0.15) is 0 Å². The molecule has 1 aromatic rings. The fourth-order valence-corrected chi connectivity index (χ4v) is 2.47. The van der Waals surface area contributed by atoms with E-state index in [1.54, 1.807) is 25.1 Å². The van der Waals surface area contributed by atoms with Gasteiger partial charge in [0.25, 0.3) is 0 Å². The van der Waals surface area contributed by atoms with Crippen LogP contribution in [0.5, 0.6) is 0 Å². The molecule has 1 amide bonds. The molecule has 0 aliphatic carbocycles. The Kier molecular flexibility index (Phi) is 3.84. The Morgan fingerprint density at radius 1 is 1.29 bits per heavy atom. The summed E-state index contributed by atoms with van der Waals surface area (Å²) in [6.45, 7) is 0.314. The number of nitrogens with zero attached hydrogens (tertiary/aromatic N) is 2. The molecule has 0 aromatic heterocycles. The van der Waals surface area contributed by atoms with E-state index in [0.29, 0.717) is 12.2 Å². The number of rotatable bonds is 3. The van der Waals surface area contributed by atoms with Crippen LogP contribution in [0.25, 0.3) is 0 Å². The molecular weight excluding hydrogens is 276 g/mol. The first-order valence-electron chi connectivity index (χ1n) is 6.37. The highest BCUT2D eigenvalue weighted by atomic mass is 16.4. The number of hydrogen-bond donors (Lipinski definition) is 2. The van der Waals surface area contributed by atoms with E-state index in [-0.39, 0.29) is 17.9 Å². The van der Waals surface area contributed by atoms with Crippen LogP contribution in [-0.2, 0) is 16.1 Å². The molecule has 0 saturated heterocycles. The van der Waals surface area contributed by atoms with Gasteiger partial charge in [-0.1, -0.05) is 6.07 Å². The summed E-state index contributed by atoms with van der Waals surface area (Å²) < 4.78 is 0. The van der Waals surface area contributed by atoms with Gasteiger partial charge >= 0.3 is 11.9 Å². The first-order chi connectivity index (χ1) is 9.81. The molecule has 0 spiro atoms. The summed E-state index contributed by atoms with van der Waals surface area (Å²) in [5.74, 6) is -2.44. The zero-order valence-electron chi connectivity index (χ0n) is 11.7. The summed E-state index contributed by atoms with van der Waals surface area (Å²) in [4.78, 5) is 37.3. The molecule has 2 rings (SSSR count). The second-order valence-electron chi connectivity index (χ2n) is 5.07. The SMILES string of the molecule is CN1Cc2ccc(C(=O)O)cc2N(C)[C@H](CC(=O)O)C1=O. The molecule has 0 saturated carbocycles. The molecule has 0 unspecified atom stereocenters. The lowest BCUT2D eigenvalue weighted by Crippen LogP contribution is -2.44. The quantitative estimate of drug-likeness (QED) is 0.848. The monoisotopic (exact) mass is 292 g/mol. The molecule has 21 heavy (non-hydrogen) atoms. The number of benzene rings is 1. The van der Waals surface area contributed by atoms with E-state index in [9.17, 15) is 14.4 Å². The summed E-state index contributed by atoms with van der Waals surface area (Å²) in [5, 5.41) is 18.0. The average Bonchev–Trinajstić information content (AvgIpc) is 2.50. The maximum atomic E-state index is 12.3. The molecule has 7 nitrogen and oxygen atoms in total. The van der Waals surface area contributed by atoms with Crippen molar-refractivity contribution in [2.75, 3.05) is 19.0 Å². The van der Waals surface area contributed by atoms with Crippen molar-refractivity contribution in [3.8, 4) is 0 Å². The van der Waals surface area contributed by atoms with Gasteiger partial charge in [0.2, 0.25) is 5.91 Å². The number of aromatic carboxylic acids is 1. The number of carbonyl (C=O) groups is 3. The molecular formula is C14H16N2O5. The van der Waals surface area contributed by atoms with Gasteiger partial charge in [0.1, 0.15) is 6.04 Å². The van der Waals surface area contributed by atoms with Crippen LogP contribution in [0, 0.1) is 0 Å². The molecule has 1 atom stereocenters. The zero-order chi connectivity index (χ0) is 15.7. The standard InChI is InChI=1S/C14H16N2O5/c1-15-7-9-4-3-8(14(20)21)5-10(9)16(2)11(13(15)19)6-12(17)18/h3-5,11H,6-7H2,1-2H3,(H,17,18)(H,20,21)/t11-/m1/s1. The van der Waals surface area contributed by atoms with Crippen molar-refractivity contribution in [3.05, 3.63) is 29.3 Å². The number of carboxylic acids is 2. The molecule has 1 aliphatic heterocycles. The van der Waals surface area contributed by atoms with Crippen LogP contribution in [0.4, 0.5) is 5.69 Å². The van der Waals surface area contributed by atoms with Crippen LogP contribution in [0.15, 0.2) is 18.2 Å². The third kappa shape index (κ3) is 2.81. The minimum atomic E-state index is -1.08. The number of likely N-dealkylation sites (N-methyl/N-ethyl adjacent to an activating group) is 2. The van der Waals surface area contributed by atoms with Gasteiger partial charge in [0, 0.05) is 26.3 Å². The van der Waals surface area contributed by atoms with Gasteiger partial charge < -0.3 is 20.0 Å². The van der Waals surface area contributed by atoms with Crippen molar-refractivity contribution < 1.29 is 24.6 Å². The van der Waals surface area contributed by atoms with E-state index in [4.69, 9.17) is 10.2 Å². The number of hydrogen-bond acceptors (Lipinski definition) is 4. The Hall–Kier alpha value is -2.57. The number of amides is 1. The van der Waals surface area contributed by atoms with Crippen molar-refractivity contribution in [1.29, 1.82) is 0 Å². The molecule has 1 heterocycles. The van der Waals surface area contributed by atoms with Crippen molar-refractivity contribution in [3.63, 3.8) is 0 Å². The third-order valence-electron chi connectivity index (χ3n) is 3.62. The number of anilines is 1. The Morgan fingerprint density at radius 2 is 1.95 bits per heavy atom. The molecule has 2 N–H and O–H groups in total. The van der Waals surface area contributed by atoms with Crippen LogP contribution in [0.2, 0.25) is 0 Å². The number of carboxylic acid groups (broad SMARTS) is 2. The van der Waals surface area contributed by atoms with Crippen molar-refractivity contribution in [1.82, 2.24) is 4.90 Å². The van der Waals surface area contributed by atoms with E-state index in [2.05, 4.69) is 0 Å². The minimum absolute atomic E-state index is 0.103. The Bertz CT molecular complexity index is 613. The molecule has 1 aromatic carbocycles. The van der Waals surface area contributed by atoms with E-state index in [1.807, 2.05) is 0 Å². The lowest BCUT2D eigenvalue weighted by molar-refractivity contribution is -0.141. The zero-order valence-corrected chi connectivity index (χ0v) is 11.7. The van der Waals surface area contributed by atoms with Crippen molar-refractivity contribution in [2.24, 2.45) is 0 Å². The lowest BCUT2D eigenvalue weighted by atomic mass is 10.1. The fraction of sp³-hybridized carbons (Fsp3) is 0.357. The summed E-state index contributed by atoms with van der Waals surface area (Å²) in [6.07, 6.45) is -0.337. The van der Waals surface area contributed by atoms with Crippen LogP contribution in [0.1, 0.15) is 22.3 Å². The molecule has 1 aliphatic rings. The predicted molar refractivity (Wildman–Crippen MR) is 74.3 cm³/mol. The maximum Gasteiger partial charge on any atom is 0.335 e. The molecule has 0 radical (unpaired) electrons. The van der Waals surface area contributed by atoms with Crippen LogP contribution in [0.3, 0.4) is 0 Å². The number of carbonyl (C=O) groups excluding carboxylic acids is 1. The highest BCUT2D eigenvalue weighted by Gasteiger charge is 2.33. The van der Waals surface area contributed by atoms with Gasteiger partial charge in [0.05, 0.1) is 12.0 Å². The smallest absolute Gasteiger partial charge is 0.335 e. The van der Waals surface area contributed by atoms with E-state index in [0.717, 1.165) is 5.56 Å². The lowest BCUT2D eigenvalue weighted by Gasteiger charge is -2.27. The van der Waals surface area contributed by atoms with E-state index < -0.39 is 18.0 Å². The second kappa shape index (κ2) is 5.43. The van der Waals surface area contributed by atoms with Gasteiger partial charge in [-0.05, 0) is 17.7 Å². The molecule has 112 valence electrons. The van der Waals surface area contributed by atoms with Crippen molar-refractivity contribution in [2.45, 2.75) is 19.0 Å².